The van der Waals surface area contributed by atoms with Gasteiger partial charge < -0.3 is 13.6 Å². The van der Waals surface area contributed by atoms with Gasteiger partial charge in [-0.2, -0.15) is 0 Å². The van der Waals surface area contributed by atoms with E-state index >= 15 is 0 Å². The van der Waals surface area contributed by atoms with E-state index in [9.17, 15) is 9.59 Å². The fourth-order valence-corrected chi connectivity index (χ4v) is 4.04. The van der Waals surface area contributed by atoms with Crippen LogP contribution in [-0.2, 0) is 9.53 Å². The molecule has 4 rings (SSSR count). The first kappa shape index (κ1) is 17.3. The lowest BCUT2D eigenvalue weighted by molar-refractivity contribution is -0.139. The summed E-state index contributed by atoms with van der Waals surface area (Å²) in [5, 5.41) is 0. The standard InChI is InChI=1S/C19H16N2O5S/c1-3-24-18(23)15-11(2)20-19-21(16(15)13-7-5-9-26-13)17(22)14(27-19)10-12-6-4-8-25-12/h4-10,16H,3H2,1-2H3/b14-10+. The van der Waals surface area contributed by atoms with Crippen LogP contribution in [0.15, 0.2) is 66.7 Å². The van der Waals surface area contributed by atoms with Gasteiger partial charge in [-0.05, 0) is 38.1 Å². The first-order valence-corrected chi connectivity index (χ1v) is 9.18. The number of carbonyl (C=O) groups excluding carboxylic acids is 1. The van der Waals surface area contributed by atoms with Crippen molar-refractivity contribution >= 4 is 23.4 Å². The summed E-state index contributed by atoms with van der Waals surface area (Å²) in [4.78, 5) is 30.6. The highest BCUT2D eigenvalue weighted by Gasteiger charge is 2.34. The summed E-state index contributed by atoms with van der Waals surface area (Å²) >= 11 is 1.23. The molecular formula is C19H16N2O5S. The van der Waals surface area contributed by atoms with E-state index in [1.807, 2.05) is 0 Å². The number of rotatable bonds is 4. The van der Waals surface area contributed by atoms with Gasteiger partial charge in [0.05, 0.1) is 34.9 Å². The Morgan fingerprint density at radius 1 is 1.33 bits per heavy atom. The topological polar surface area (TPSA) is 86.9 Å². The number of hydrogen-bond acceptors (Lipinski definition) is 7. The van der Waals surface area contributed by atoms with E-state index in [0.29, 0.717) is 32.1 Å². The summed E-state index contributed by atoms with van der Waals surface area (Å²) in [5.41, 5.74) is 0.523. The largest absolute Gasteiger partial charge is 0.467 e. The van der Waals surface area contributed by atoms with Crippen LogP contribution in [0.2, 0.25) is 0 Å². The van der Waals surface area contributed by atoms with Crippen LogP contribution in [0.4, 0.5) is 0 Å². The van der Waals surface area contributed by atoms with Gasteiger partial charge in [-0.3, -0.25) is 9.36 Å². The minimum absolute atomic E-state index is 0.226. The molecule has 1 unspecified atom stereocenters. The Balaban J connectivity index is 1.96. The monoisotopic (exact) mass is 384 g/mol. The number of carbonyl (C=O) groups is 1. The van der Waals surface area contributed by atoms with Crippen LogP contribution in [0.5, 0.6) is 0 Å². The number of ether oxygens (including phenoxy) is 1. The molecule has 0 aliphatic carbocycles. The third kappa shape index (κ3) is 2.97. The van der Waals surface area contributed by atoms with Gasteiger partial charge in [0.25, 0.3) is 5.56 Å². The van der Waals surface area contributed by atoms with Crippen LogP contribution in [0, 0.1) is 0 Å². The van der Waals surface area contributed by atoms with E-state index in [2.05, 4.69) is 4.99 Å². The van der Waals surface area contributed by atoms with Crippen molar-refractivity contribution in [1.29, 1.82) is 0 Å². The highest BCUT2D eigenvalue weighted by molar-refractivity contribution is 7.07. The molecule has 1 aliphatic rings. The molecule has 0 fully saturated rings. The SMILES string of the molecule is CCOC(=O)C1=C(C)N=c2s/c(=C/c3ccco3)c(=O)n2C1c1ccco1. The second kappa shape index (κ2) is 6.88. The lowest BCUT2D eigenvalue weighted by Crippen LogP contribution is -2.39. The van der Waals surface area contributed by atoms with Crippen LogP contribution in [-0.4, -0.2) is 17.1 Å². The molecule has 1 aliphatic heterocycles. The summed E-state index contributed by atoms with van der Waals surface area (Å²) in [7, 11) is 0. The number of furan rings is 2. The Kier molecular flexibility index (Phi) is 4.41. The van der Waals surface area contributed by atoms with Crippen molar-refractivity contribution in [2.75, 3.05) is 6.61 Å². The van der Waals surface area contributed by atoms with Gasteiger partial charge in [0.1, 0.15) is 17.6 Å². The Morgan fingerprint density at radius 3 is 2.78 bits per heavy atom. The zero-order valence-electron chi connectivity index (χ0n) is 14.7. The summed E-state index contributed by atoms with van der Waals surface area (Å²) in [6.45, 7) is 3.68. The van der Waals surface area contributed by atoms with E-state index in [1.165, 1.54) is 28.4 Å². The second-order valence-electron chi connectivity index (χ2n) is 5.83. The number of aromatic nitrogens is 1. The van der Waals surface area contributed by atoms with Crippen LogP contribution in [0.1, 0.15) is 31.4 Å². The molecule has 27 heavy (non-hydrogen) atoms. The molecule has 1 atom stereocenters. The van der Waals surface area contributed by atoms with Gasteiger partial charge in [-0.25, -0.2) is 9.79 Å². The summed E-state index contributed by atoms with van der Waals surface area (Å²) < 4.78 is 18.0. The number of esters is 1. The minimum atomic E-state index is -0.728. The number of thiazole rings is 1. The zero-order valence-corrected chi connectivity index (χ0v) is 15.5. The average molecular weight is 384 g/mol. The van der Waals surface area contributed by atoms with E-state index in [4.69, 9.17) is 13.6 Å². The molecule has 0 saturated carbocycles. The predicted octanol–water partition coefficient (Wildman–Crippen LogP) is 1.98. The summed E-state index contributed by atoms with van der Waals surface area (Å²) in [5.74, 6) is 0.523. The van der Waals surface area contributed by atoms with Crippen molar-refractivity contribution in [3.8, 4) is 0 Å². The van der Waals surface area contributed by atoms with Gasteiger partial charge in [0.15, 0.2) is 4.80 Å². The molecule has 0 saturated heterocycles. The molecule has 0 radical (unpaired) electrons. The third-order valence-corrected chi connectivity index (χ3v) is 5.13. The van der Waals surface area contributed by atoms with Crippen LogP contribution in [0.25, 0.3) is 6.08 Å². The third-order valence-electron chi connectivity index (χ3n) is 4.15. The van der Waals surface area contributed by atoms with E-state index in [0.717, 1.165) is 0 Å². The second-order valence-corrected chi connectivity index (χ2v) is 6.84. The fourth-order valence-electron chi connectivity index (χ4n) is 3.01. The molecule has 0 spiro atoms. The highest BCUT2D eigenvalue weighted by Crippen LogP contribution is 2.30. The molecule has 138 valence electrons. The summed E-state index contributed by atoms with van der Waals surface area (Å²) in [6.07, 6.45) is 4.70. The zero-order chi connectivity index (χ0) is 19.0. The molecule has 4 heterocycles. The molecule has 0 amide bonds. The number of allylic oxidation sites excluding steroid dienone is 1. The maximum absolute atomic E-state index is 13.1. The Morgan fingerprint density at radius 2 is 2.11 bits per heavy atom. The van der Waals surface area contributed by atoms with E-state index in [1.54, 1.807) is 44.2 Å². The molecule has 7 nitrogen and oxygen atoms in total. The van der Waals surface area contributed by atoms with Crippen molar-refractivity contribution < 1.29 is 18.4 Å². The first-order chi connectivity index (χ1) is 13.1. The first-order valence-electron chi connectivity index (χ1n) is 8.36. The highest BCUT2D eigenvalue weighted by atomic mass is 32.1. The van der Waals surface area contributed by atoms with Crippen LogP contribution in [0.3, 0.4) is 0 Å². The molecule has 3 aromatic rings. The van der Waals surface area contributed by atoms with Crippen molar-refractivity contribution in [3.63, 3.8) is 0 Å². The van der Waals surface area contributed by atoms with Crippen molar-refractivity contribution in [1.82, 2.24) is 4.57 Å². The average Bonchev–Trinajstić information content (AvgIpc) is 3.38. The van der Waals surface area contributed by atoms with Gasteiger partial charge in [0, 0.05) is 6.08 Å². The Bertz CT molecular complexity index is 1180. The van der Waals surface area contributed by atoms with Gasteiger partial charge in [-0.15, -0.1) is 0 Å². The van der Waals surface area contributed by atoms with Gasteiger partial charge in [-0.1, -0.05) is 11.3 Å². The lowest BCUT2D eigenvalue weighted by Gasteiger charge is -2.22. The molecule has 8 heteroatoms. The van der Waals surface area contributed by atoms with E-state index < -0.39 is 12.0 Å². The number of fused-ring (bicyclic) bond motifs is 1. The quantitative estimate of drug-likeness (QED) is 0.642. The number of hydrogen-bond donors (Lipinski definition) is 0. The van der Waals surface area contributed by atoms with Crippen molar-refractivity contribution in [2.24, 2.45) is 4.99 Å². The molecule has 0 N–H and O–H groups in total. The molecule has 0 aromatic carbocycles. The molecular weight excluding hydrogens is 368 g/mol. The van der Waals surface area contributed by atoms with Crippen LogP contribution < -0.4 is 14.9 Å². The molecule has 3 aromatic heterocycles. The minimum Gasteiger partial charge on any atom is -0.467 e. The lowest BCUT2D eigenvalue weighted by atomic mass is 10.0. The van der Waals surface area contributed by atoms with Gasteiger partial charge >= 0.3 is 5.97 Å². The Labute approximate surface area is 157 Å². The maximum atomic E-state index is 13.1. The maximum Gasteiger partial charge on any atom is 0.338 e. The van der Waals surface area contributed by atoms with Gasteiger partial charge in [0.2, 0.25) is 0 Å². The Hall–Kier alpha value is -3.13. The number of nitrogens with zero attached hydrogens (tertiary/aromatic N) is 2. The smallest absolute Gasteiger partial charge is 0.338 e. The normalized spacial score (nSPS) is 17.0. The van der Waals surface area contributed by atoms with Crippen LogP contribution >= 0.6 is 11.3 Å². The van der Waals surface area contributed by atoms with E-state index in [-0.39, 0.29) is 12.2 Å². The molecule has 0 bridgehead atoms. The van der Waals surface area contributed by atoms with Crippen molar-refractivity contribution in [3.05, 3.63) is 79.3 Å². The fraction of sp³-hybridized carbons (Fsp3) is 0.211. The summed E-state index contributed by atoms with van der Waals surface area (Å²) in [6, 6.07) is 6.22. The predicted molar refractivity (Wildman–Crippen MR) is 97.8 cm³/mol. The van der Waals surface area contributed by atoms with Crippen molar-refractivity contribution in [2.45, 2.75) is 19.9 Å².